The SMILES string of the molecule is C[C@H]1C(=O)O[C@H]2[C@H](O)[C@]34[C@@H]5OC(=O)[C@]3(O[C@@H]3OC(=O)[C@H](O)[C@]34[C@H](C(C)(C)C)[C@H]5O)[C@@]12O. The number of carbonyl (C=O) groups is 3. The number of fused-ring (bicyclic) bond motifs is 1. The highest BCUT2D eigenvalue weighted by atomic mass is 16.8. The van der Waals surface area contributed by atoms with Crippen LogP contribution in [0.25, 0.3) is 0 Å². The van der Waals surface area contributed by atoms with Gasteiger partial charge in [-0.2, -0.15) is 0 Å². The Labute approximate surface area is 176 Å². The number of hydrogen-bond acceptors (Lipinski definition) is 11. The molecule has 2 spiro atoms. The maximum absolute atomic E-state index is 13.4. The van der Waals surface area contributed by atoms with Crippen molar-refractivity contribution in [1.29, 1.82) is 0 Å². The number of carbonyl (C=O) groups excluding carboxylic acids is 3. The summed E-state index contributed by atoms with van der Waals surface area (Å²) in [5.41, 5.74) is -9.40. The largest absolute Gasteiger partial charge is 0.456 e. The van der Waals surface area contributed by atoms with Crippen molar-refractivity contribution >= 4 is 17.9 Å². The average Bonchev–Trinajstić information content (AvgIpc) is 3.35. The number of aliphatic hydroxyl groups excluding tert-OH is 3. The summed E-state index contributed by atoms with van der Waals surface area (Å²) in [5, 5.41) is 46.1. The summed E-state index contributed by atoms with van der Waals surface area (Å²) in [6.07, 6.45) is -9.69. The molecular weight excluding hydrogens is 416 g/mol. The molecule has 6 fully saturated rings. The van der Waals surface area contributed by atoms with Crippen molar-refractivity contribution in [1.82, 2.24) is 0 Å². The fraction of sp³-hybridized carbons (Fsp3) is 0.850. The number of hydrogen-bond donors (Lipinski definition) is 4. The maximum Gasteiger partial charge on any atom is 0.343 e. The lowest BCUT2D eigenvalue weighted by molar-refractivity contribution is -0.240. The van der Waals surface area contributed by atoms with Crippen LogP contribution < -0.4 is 0 Å². The summed E-state index contributed by atoms with van der Waals surface area (Å²) in [4.78, 5) is 38.3. The highest BCUT2D eigenvalue weighted by Gasteiger charge is 3.05. The molecule has 0 radical (unpaired) electrons. The number of rotatable bonds is 0. The van der Waals surface area contributed by atoms with Gasteiger partial charge in [0, 0.05) is 5.92 Å². The highest BCUT2D eigenvalue weighted by molar-refractivity contribution is 5.94. The van der Waals surface area contributed by atoms with Crippen molar-refractivity contribution in [3.05, 3.63) is 0 Å². The molecule has 2 saturated carbocycles. The first-order valence-electron chi connectivity index (χ1n) is 10.3. The molecule has 0 aromatic heterocycles. The van der Waals surface area contributed by atoms with Crippen LogP contribution in [0.5, 0.6) is 0 Å². The van der Waals surface area contributed by atoms with Gasteiger partial charge in [-0.1, -0.05) is 20.8 Å². The van der Waals surface area contributed by atoms with Crippen molar-refractivity contribution in [2.24, 2.45) is 28.1 Å². The molecular formula is C20H24O11. The Balaban J connectivity index is 1.75. The zero-order chi connectivity index (χ0) is 22.7. The van der Waals surface area contributed by atoms with Crippen LogP contribution in [-0.4, -0.2) is 86.3 Å². The molecule has 0 unspecified atom stereocenters. The van der Waals surface area contributed by atoms with Crippen molar-refractivity contribution in [2.45, 2.75) is 75.7 Å². The van der Waals surface area contributed by atoms with Gasteiger partial charge in [-0.15, -0.1) is 0 Å². The van der Waals surface area contributed by atoms with Crippen LogP contribution in [0.4, 0.5) is 0 Å². The predicted molar refractivity (Wildman–Crippen MR) is 93.4 cm³/mol. The Bertz CT molecular complexity index is 957. The van der Waals surface area contributed by atoms with Gasteiger partial charge in [0.2, 0.25) is 11.9 Å². The number of esters is 3. The van der Waals surface area contributed by atoms with Gasteiger partial charge in [-0.25, -0.2) is 9.59 Å². The van der Waals surface area contributed by atoms with Crippen molar-refractivity contribution in [3.63, 3.8) is 0 Å². The lowest BCUT2D eigenvalue weighted by Gasteiger charge is -2.47. The van der Waals surface area contributed by atoms with Gasteiger partial charge in [-0.3, -0.25) is 4.79 Å². The van der Waals surface area contributed by atoms with Crippen LogP contribution in [0.3, 0.4) is 0 Å². The molecule has 170 valence electrons. The molecule has 0 aromatic carbocycles. The Morgan fingerprint density at radius 3 is 2.19 bits per heavy atom. The second kappa shape index (κ2) is 4.91. The van der Waals surface area contributed by atoms with Crippen LogP contribution >= 0.6 is 0 Å². The zero-order valence-electron chi connectivity index (χ0n) is 17.3. The van der Waals surface area contributed by atoms with Crippen LogP contribution in [0.2, 0.25) is 0 Å². The van der Waals surface area contributed by atoms with E-state index < -0.39 is 94.0 Å². The third-order valence-corrected chi connectivity index (χ3v) is 8.95. The molecule has 4 N–H and O–H groups in total. The Kier molecular flexibility index (Phi) is 3.15. The maximum atomic E-state index is 13.4. The second-order valence-corrected chi connectivity index (χ2v) is 10.8. The van der Waals surface area contributed by atoms with E-state index in [4.69, 9.17) is 18.9 Å². The van der Waals surface area contributed by atoms with E-state index in [1.165, 1.54) is 6.92 Å². The third kappa shape index (κ3) is 1.43. The minimum absolute atomic E-state index is 0.792. The van der Waals surface area contributed by atoms with Gasteiger partial charge in [0.1, 0.15) is 12.2 Å². The first-order chi connectivity index (χ1) is 14.3. The van der Waals surface area contributed by atoms with Crippen LogP contribution in [0.15, 0.2) is 0 Å². The first-order valence-corrected chi connectivity index (χ1v) is 10.3. The third-order valence-electron chi connectivity index (χ3n) is 8.95. The summed E-state index contributed by atoms with van der Waals surface area (Å²) in [6, 6.07) is 0. The molecule has 4 aliphatic heterocycles. The molecule has 4 saturated heterocycles. The zero-order valence-corrected chi connectivity index (χ0v) is 17.3. The van der Waals surface area contributed by atoms with Crippen LogP contribution in [0.1, 0.15) is 27.7 Å². The highest BCUT2D eigenvalue weighted by Crippen LogP contribution is 2.84. The average molecular weight is 440 g/mol. The fourth-order valence-electron chi connectivity index (χ4n) is 8.27. The van der Waals surface area contributed by atoms with E-state index in [0.29, 0.717) is 0 Å². The first kappa shape index (κ1) is 19.9. The molecule has 11 nitrogen and oxygen atoms in total. The topological polar surface area (TPSA) is 169 Å². The standard InChI is InChI=1S/C20H24O11/c1-5-12(24)28-11-8(22)18-10-6(21)7(16(2,3)4)17(18)9(23)13(25)30-15(17)31-20(18,14(26)29-10)19(5,11)27/h5-11,15,21-23,27H,1-4H3/t5-,6+,7-,8-,9-,10+,11-,15-,17+,18+,19+,20+/m0/s1. The quantitative estimate of drug-likeness (QED) is 0.234. The molecule has 4 heterocycles. The summed E-state index contributed by atoms with van der Waals surface area (Å²) >= 11 is 0. The lowest BCUT2D eigenvalue weighted by atomic mass is 9.51. The summed E-state index contributed by atoms with van der Waals surface area (Å²) in [7, 11) is 0. The molecule has 6 rings (SSSR count). The molecule has 11 heteroatoms. The number of ether oxygens (including phenoxy) is 4. The monoisotopic (exact) mass is 440 g/mol. The van der Waals surface area contributed by atoms with E-state index in [1.807, 2.05) is 0 Å². The lowest BCUT2D eigenvalue weighted by Crippen LogP contribution is -2.67. The van der Waals surface area contributed by atoms with Crippen LogP contribution in [-0.2, 0) is 33.3 Å². The van der Waals surface area contributed by atoms with Crippen molar-refractivity contribution in [2.75, 3.05) is 0 Å². The van der Waals surface area contributed by atoms with E-state index in [9.17, 15) is 34.8 Å². The normalized spacial score (nSPS) is 61.0. The Morgan fingerprint density at radius 1 is 0.935 bits per heavy atom. The van der Waals surface area contributed by atoms with Crippen molar-refractivity contribution < 1.29 is 53.8 Å². The van der Waals surface area contributed by atoms with E-state index in [2.05, 4.69) is 0 Å². The van der Waals surface area contributed by atoms with Crippen molar-refractivity contribution in [3.8, 4) is 0 Å². The molecule has 0 amide bonds. The fourth-order valence-corrected chi connectivity index (χ4v) is 8.27. The molecule has 0 bridgehead atoms. The predicted octanol–water partition coefficient (Wildman–Crippen LogP) is -2.40. The summed E-state index contributed by atoms with van der Waals surface area (Å²) in [5.74, 6) is -5.22. The summed E-state index contributed by atoms with van der Waals surface area (Å²) < 4.78 is 22.2. The van der Waals surface area contributed by atoms with Gasteiger partial charge in [0.05, 0.1) is 22.9 Å². The molecule has 6 aliphatic rings. The molecule has 12 atom stereocenters. The van der Waals surface area contributed by atoms with Gasteiger partial charge < -0.3 is 39.4 Å². The van der Waals surface area contributed by atoms with Crippen LogP contribution in [0, 0.1) is 28.1 Å². The van der Waals surface area contributed by atoms with E-state index in [-0.39, 0.29) is 0 Å². The van der Waals surface area contributed by atoms with E-state index in [0.717, 1.165) is 0 Å². The smallest absolute Gasteiger partial charge is 0.343 e. The minimum Gasteiger partial charge on any atom is -0.456 e. The summed E-state index contributed by atoms with van der Waals surface area (Å²) in [6.45, 7) is 6.63. The molecule has 0 aromatic rings. The molecule has 2 aliphatic carbocycles. The van der Waals surface area contributed by atoms with Gasteiger partial charge in [0.25, 0.3) is 0 Å². The van der Waals surface area contributed by atoms with Gasteiger partial charge in [-0.05, 0) is 12.3 Å². The van der Waals surface area contributed by atoms with Gasteiger partial charge in [0.15, 0.2) is 17.8 Å². The van der Waals surface area contributed by atoms with Gasteiger partial charge >= 0.3 is 17.9 Å². The Morgan fingerprint density at radius 2 is 1.58 bits per heavy atom. The number of aliphatic hydroxyl groups is 4. The Hall–Kier alpha value is -1.79. The van der Waals surface area contributed by atoms with E-state index >= 15 is 0 Å². The second-order valence-electron chi connectivity index (χ2n) is 10.8. The minimum atomic E-state index is -2.40. The van der Waals surface area contributed by atoms with E-state index in [1.54, 1.807) is 20.8 Å². The molecule has 31 heavy (non-hydrogen) atoms.